The molecular weight excluding hydrogens is 222 g/mol. The maximum atomic E-state index is 8.77. The number of hydrogen-bond donors (Lipinski definition) is 0. The van der Waals surface area contributed by atoms with Crippen LogP contribution in [-0.2, 0) is 6.54 Å². The van der Waals surface area contributed by atoms with Gasteiger partial charge in [0.05, 0.1) is 23.9 Å². The van der Waals surface area contributed by atoms with Crippen molar-refractivity contribution in [2.24, 2.45) is 0 Å². The van der Waals surface area contributed by atoms with E-state index in [1.54, 1.807) is 0 Å². The summed E-state index contributed by atoms with van der Waals surface area (Å²) < 4.78 is 0. The van der Waals surface area contributed by atoms with Crippen LogP contribution in [0.4, 0.5) is 5.69 Å². The third kappa shape index (κ3) is 2.67. The summed E-state index contributed by atoms with van der Waals surface area (Å²) in [5.74, 6) is 0. The molecule has 3 nitrogen and oxygen atoms in total. The van der Waals surface area contributed by atoms with E-state index in [9.17, 15) is 0 Å². The van der Waals surface area contributed by atoms with Crippen LogP contribution in [0.15, 0.2) is 42.6 Å². The van der Waals surface area contributed by atoms with Crippen LogP contribution in [-0.4, -0.2) is 12.0 Å². The van der Waals surface area contributed by atoms with Crippen LogP contribution in [0.1, 0.15) is 16.8 Å². The van der Waals surface area contributed by atoms with Crippen molar-refractivity contribution in [2.75, 3.05) is 11.9 Å². The number of anilines is 1. The first-order valence-corrected chi connectivity index (χ1v) is 5.82. The SMILES string of the molecule is Cc1cccnc1CN(C)c1ccc(C#N)cc1. The lowest BCUT2D eigenvalue weighted by Crippen LogP contribution is -2.17. The van der Waals surface area contributed by atoms with Crippen LogP contribution in [0, 0.1) is 18.3 Å². The van der Waals surface area contributed by atoms with E-state index < -0.39 is 0 Å². The first-order chi connectivity index (χ1) is 8.70. The molecule has 1 aromatic heterocycles. The Bertz CT molecular complexity index is 567. The van der Waals surface area contributed by atoms with E-state index in [4.69, 9.17) is 5.26 Å². The zero-order valence-corrected chi connectivity index (χ0v) is 10.6. The largest absolute Gasteiger partial charge is 0.369 e. The van der Waals surface area contributed by atoms with Gasteiger partial charge in [0.25, 0.3) is 0 Å². The van der Waals surface area contributed by atoms with Crippen LogP contribution >= 0.6 is 0 Å². The molecule has 0 bridgehead atoms. The average Bonchev–Trinajstić information content (AvgIpc) is 2.41. The molecule has 2 aromatic rings. The van der Waals surface area contributed by atoms with E-state index in [-0.39, 0.29) is 0 Å². The molecule has 2 rings (SSSR count). The maximum absolute atomic E-state index is 8.77. The molecular formula is C15H15N3. The van der Waals surface area contributed by atoms with E-state index in [1.165, 1.54) is 5.56 Å². The molecule has 1 aromatic carbocycles. The quantitative estimate of drug-likeness (QED) is 0.824. The Kier molecular flexibility index (Phi) is 3.59. The summed E-state index contributed by atoms with van der Waals surface area (Å²) >= 11 is 0. The fourth-order valence-electron chi connectivity index (χ4n) is 1.79. The summed E-state index contributed by atoms with van der Waals surface area (Å²) in [5.41, 5.74) is 4.03. The number of benzene rings is 1. The van der Waals surface area contributed by atoms with Crippen molar-refractivity contribution in [3.05, 3.63) is 59.4 Å². The van der Waals surface area contributed by atoms with Gasteiger partial charge in [0.15, 0.2) is 0 Å². The molecule has 1 heterocycles. The molecule has 3 heteroatoms. The minimum Gasteiger partial charge on any atom is -0.369 e. The molecule has 0 radical (unpaired) electrons. The Morgan fingerprint density at radius 3 is 2.56 bits per heavy atom. The Morgan fingerprint density at radius 2 is 1.94 bits per heavy atom. The van der Waals surface area contributed by atoms with Gasteiger partial charge in [-0.25, -0.2) is 0 Å². The summed E-state index contributed by atoms with van der Waals surface area (Å²) in [6, 6.07) is 13.7. The third-order valence-corrected chi connectivity index (χ3v) is 2.94. The van der Waals surface area contributed by atoms with Crippen molar-refractivity contribution in [1.82, 2.24) is 4.98 Å². The summed E-state index contributed by atoms with van der Waals surface area (Å²) in [6.45, 7) is 2.83. The van der Waals surface area contributed by atoms with Crippen LogP contribution < -0.4 is 4.90 Å². The molecule has 18 heavy (non-hydrogen) atoms. The molecule has 0 N–H and O–H groups in total. The highest BCUT2D eigenvalue weighted by Crippen LogP contribution is 2.16. The second kappa shape index (κ2) is 5.33. The van der Waals surface area contributed by atoms with Gasteiger partial charge in [0, 0.05) is 18.9 Å². The maximum Gasteiger partial charge on any atom is 0.0991 e. The summed E-state index contributed by atoms with van der Waals surface area (Å²) in [6.07, 6.45) is 1.81. The second-order valence-corrected chi connectivity index (χ2v) is 4.28. The number of pyridine rings is 1. The zero-order valence-electron chi connectivity index (χ0n) is 10.6. The zero-order chi connectivity index (χ0) is 13.0. The van der Waals surface area contributed by atoms with Gasteiger partial charge in [-0.05, 0) is 42.8 Å². The number of aromatic nitrogens is 1. The monoisotopic (exact) mass is 237 g/mol. The van der Waals surface area contributed by atoms with Crippen molar-refractivity contribution in [2.45, 2.75) is 13.5 Å². The molecule has 90 valence electrons. The Morgan fingerprint density at radius 1 is 1.22 bits per heavy atom. The number of nitriles is 1. The van der Waals surface area contributed by atoms with Crippen LogP contribution in [0.2, 0.25) is 0 Å². The third-order valence-electron chi connectivity index (χ3n) is 2.94. The van der Waals surface area contributed by atoms with Crippen molar-refractivity contribution >= 4 is 5.69 Å². The van der Waals surface area contributed by atoms with Gasteiger partial charge >= 0.3 is 0 Å². The Hall–Kier alpha value is -2.34. The van der Waals surface area contributed by atoms with E-state index >= 15 is 0 Å². The minimum atomic E-state index is 0.682. The van der Waals surface area contributed by atoms with Crippen LogP contribution in [0.25, 0.3) is 0 Å². The Balaban J connectivity index is 2.15. The van der Waals surface area contributed by atoms with Gasteiger partial charge in [0.1, 0.15) is 0 Å². The highest BCUT2D eigenvalue weighted by atomic mass is 15.1. The summed E-state index contributed by atoms with van der Waals surface area (Å²) in [4.78, 5) is 6.50. The summed E-state index contributed by atoms with van der Waals surface area (Å²) in [7, 11) is 2.02. The van der Waals surface area contributed by atoms with Gasteiger partial charge < -0.3 is 4.90 Å². The van der Waals surface area contributed by atoms with Crippen molar-refractivity contribution in [3.63, 3.8) is 0 Å². The fourth-order valence-corrected chi connectivity index (χ4v) is 1.79. The van der Waals surface area contributed by atoms with Crippen LogP contribution in [0.5, 0.6) is 0 Å². The lowest BCUT2D eigenvalue weighted by Gasteiger charge is -2.19. The lowest BCUT2D eigenvalue weighted by molar-refractivity contribution is 0.874. The molecule has 0 unspecified atom stereocenters. The van der Waals surface area contributed by atoms with Gasteiger partial charge in [-0.1, -0.05) is 6.07 Å². The predicted octanol–water partition coefficient (Wildman–Crippen LogP) is 2.90. The van der Waals surface area contributed by atoms with Crippen molar-refractivity contribution < 1.29 is 0 Å². The summed E-state index contributed by atoms with van der Waals surface area (Å²) in [5, 5.41) is 8.77. The van der Waals surface area contributed by atoms with E-state index in [0.29, 0.717) is 5.56 Å². The number of aryl methyl sites for hydroxylation is 1. The molecule has 0 amide bonds. The normalized spacial score (nSPS) is 9.83. The topological polar surface area (TPSA) is 39.9 Å². The molecule has 0 fully saturated rings. The number of rotatable bonds is 3. The molecule has 0 saturated carbocycles. The standard InChI is InChI=1S/C15H15N3/c1-12-4-3-9-17-15(12)11-18(2)14-7-5-13(10-16)6-8-14/h3-9H,11H2,1-2H3. The van der Waals surface area contributed by atoms with E-state index in [2.05, 4.69) is 28.9 Å². The highest BCUT2D eigenvalue weighted by molar-refractivity contribution is 5.49. The van der Waals surface area contributed by atoms with Gasteiger partial charge in [-0.15, -0.1) is 0 Å². The predicted molar refractivity (Wildman–Crippen MR) is 72.2 cm³/mol. The smallest absolute Gasteiger partial charge is 0.0991 e. The minimum absolute atomic E-state index is 0.682. The fraction of sp³-hybridized carbons (Fsp3) is 0.200. The van der Waals surface area contributed by atoms with Crippen molar-refractivity contribution in [3.8, 4) is 6.07 Å². The second-order valence-electron chi connectivity index (χ2n) is 4.28. The lowest BCUT2D eigenvalue weighted by atomic mass is 10.2. The molecule has 0 aliphatic heterocycles. The van der Waals surface area contributed by atoms with E-state index in [0.717, 1.165) is 17.9 Å². The molecule has 0 saturated heterocycles. The van der Waals surface area contributed by atoms with Crippen LogP contribution in [0.3, 0.4) is 0 Å². The molecule has 0 spiro atoms. The first kappa shape index (κ1) is 12.1. The Labute approximate surface area is 107 Å². The first-order valence-electron chi connectivity index (χ1n) is 5.82. The molecule has 0 aliphatic carbocycles. The molecule has 0 aliphatic rings. The average molecular weight is 237 g/mol. The number of nitrogens with zero attached hydrogens (tertiary/aromatic N) is 3. The number of hydrogen-bond acceptors (Lipinski definition) is 3. The van der Waals surface area contributed by atoms with Crippen molar-refractivity contribution in [1.29, 1.82) is 5.26 Å². The van der Waals surface area contributed by atoms with Gasteiger partial charge in [0.2, 0.25) is 0 Å². The van der Waals surface area contributed by atoms with Gasteiger partial charge in [-0.2, -0.15) is 5.26 Å². The van der Waals surface area contributed by atoms with E-state index in [1.807, 2.05) is 43.6 Å². The highest BCUT2D eigenvalue weighted by Gasteiger charge is 2.05. The molecule has 0 atom stereocenters. The van der Waals surface area contributed by atoms with Gasteiger partial charge in [-0.3, -0.25) is 4.98 Å².